The first-order chi connectivity index (χ1) is 11.5. The number of nitrogens with one attached hydrogen (secondary N) is 2. The first kappa shape index (κ1) is 15.0. The standard InChI is InChI=1S/C16H12N4O2S2/c1-7-6-24-16-10(7)13(17-11-8(2)14(21)20-15(11)22)18-12(19-16)9-4-3-5-23-9/h3-6H,1-2H3,(H2,17,18,19,20,21,22). The number of hydrogen-bond acceptors (Lipinski definition) is 7. The maximum Gasteiger partial charge on any atom is 0.275 e. The summed E-state index contributed by atoms with van der Waals surface area (Å²) in [4.78, 5) is 34.7. The lowest BCUT2D eigenvalue weighted by molar-refractivity contribution is -0.124. The van der Waals surface area contributed by atoms with Crippen molar-refractivity contribution in [3.63, 3.8) is 0 Å². The summed E-state index contributed by atoms with van der Waals surface area (Å²) in [5.74, 6) is 0.328. The molecular weight excluding hydrogens is 344 g/mol. The number of aryl methyl sites for hydroxylation is 1. The van der Waals surface area contributed by atoms with Crippen molar-refractivity contribution in [1.29, 1.82) is 0 Å². The lowest BCUT2D eigenvalue weighted by Gasteiger charge is -2.09. The molecule has 3 aromatic heterocycles. The Morgan fingerprint density at radius 2 is 1.96 bits per heavy atom. The molecule has 24 heavy (non-hydrogen) atoms. The smallest absolute Gasteiger partial charge is 0.275 e. The Bertz CT molecular complexity index is 1020. The number of anilines is 1. The summed E-state index contributed by atoms with van der Waals surface area (Å²) in [5, 5.41) is 10.2. The highest BCUT2D eigenvalue weighted by Crippen LogP contribution is 2.34. The molecule has 0 atom stereocenters. The van der Waals surface area contributed by atoms with Crippen molar-refractivity contribution in [3.8, 4) is 10.7 Å². The van der Waals surface area contributed by atoms with Gasteiger partial charge in [0.1, 0.15) is 16.3 Å². The summed E-state index contributed by atoms with van der Waals surface area (Å²) >= 11 is 3.08. The summed E-state index contributed by atoms with van der Waals surface area (Å²) in [5.41, 5.74) is 1.62. The molecule has 0 aromatic carbocycles. The van der Waals surface area contributed by atoms with E-state index in [2.05, 4.69) is 20.6 Å². The number of carbonyl (C=O) groups is 2. The van der Waals surface area contributed by atoms with E-state index in [0.29, 0.717) is 17.2 Å². The first-order valence-corrected chi connectivity index (χ1v) is 8.94. The van der Waals surface area contributed by atoms with E-state index in [9.17, 15) is 9.59 Å². The number of rotatable bonds is 3. The third-order valence-corrected chi connectivity index (χ3v) is 5.63. The molecule has 6 nitrogen and oxygen atoms in total. The van der Waals surface area contributed by atoms with E-state index in [1.54, 1.807) is 18.3 Å². The van der Waals surface area contributed by atoms with Crippen LogP contribution in [-0.4, -0.2) is 21.8 Å². The highest BCUT2D eigenvalue weighted by molar-refractivity contribution is 7.17. The third-order valence-electron chi connectivity index (χ3n) is 3.77. The van der Waals surface area contributed by atoms with Gasteiger partial charge in [-0.05, 0) is 36.2 Å². The largest absolute Gasteiger partial charge is 0.335 e. The van der Waals surface area contributed by atoms with Crippen LogP contribution in [0.2, 0.25) is 0 Å². The van der Waals surface area contributed by atoms with E-state index in [-0.39, 0.29) is 11.6 Å². The molecule has 4 heterocycles. The molecule has 8 heteroatoms. The number of aromatic nitrogens is 2. The van der Waals surface area contributed by atoms with E-state index in [1.165, 1.54) is 11.3 Å². The third kappa shape index (κ3) is 2.31. The molecule has 0 spiro atoms. The van der Waals surface area contributed by atoms with Crippen LogP contribution in [0.15, 0.2) is 34.2 Å². The number of imide groups is 1. The second kappa shape index (κ2) is 5.50. The van der Waals surface area contributed by atoms with E-state index < -0.39 is 5.91 Å². The van der Waals surface area contributed by atoms with Gasteiger partial charge in [-0.15, -0.1) is 22.7 Å². The molecule has 0 saturated carbocycles. The molecule has 2 amide bonds. The molecule has 4 rings (SSSR count). The van der Waals surface area contributed by atoms with Gasteiger partial charge in [0, 0.05) is 5.57 Å². The molecular formula is C16H12N4O2S2. The molecule has 120 valence electrons. The number of thiophene rings is 2. The minimum absolute atomic E-state index is 0.239. The van der Waals surface area contributed by atoms with Crippen molar-refractivity contribution in [3.05, 3.63) is 39.7 Å². The van der Waals surface area contributed by atoms with Gasteiger partial charge < -0.3 is 5.32 Å². The predicted molar refractivity (Wildman–Crippen MR) is 94.9 cm³/mol. The van der Waals surface area contributed by atoms with Gasteiger partial charge in [-0.3, -0.25) is 14.9 Å². The fourth-order valence-corrected chi connectivity index (χ4v) is 4.08. The number of fused-ring (bicyclic) bond motifs is 1. The normalized spacial score (nSPS) is 14.6. The molecule has 3 aromatic rings. The fraction of sp³-hybridized carbons (Fsp3) is 0.125. The summed E-state index contributed by atoms with van der Waals surface area (Å²) in [6.45, 7) is 3.58. The highest BCUT2D eigenvalue weighted by atomic mass is 32.1. The Morgan fingerprint density at radius 3 is 2.62 bits per heavy atom. The minimum atomic E-state index is -0.435. The zero-order chi connectivity index (χ0) is 16.8. The van der Waals surface area contributed by atoms with E-state index in [1.807, 2.05) is 29.8 Å². The van der Waals surface area contributed by atoms with Crippen LogP contribution in [0.4, 0.5) is 5.82 Å². The van der Waals surface area contributed by atoms with Crippen LogP contribution < -0.4 is 10.6 Å². The predicted octanol–water partition coefficient (Wildman–Crippen LogP) is 3.07. The molecule has 0 fully saturated rings. The monoisotopic (exact) mass is 356 g/mol. The fourth-order valence-electron chi connectivity index (χ4n) is 2.50. The van der Waals surface area contributed by atoms with Crippen molar-refractivity contribution in [2.24, 2.45) is 0 Å². The van der Waals surface area contributed by atoms with Gasteiger partial charge in [0.15, 0.2) is 5.82 Å². The van der Waals surface area contributed by atoms with Crippen molar-refractivity contribution in [1.82, 2.24) is 15.3 Å². The van der Waals surface area contributed by atoms with Gasteiger partial charge in [-0.25, -0.2) is 9.97 Å². The summed E-state index contributed by atoms with van der Waals surface area (Å²) in [7, 11) is 0. The van der Waals surface area contributed by atoms with Gasteiger partial charge in [-0.2, -0.15) is 0 Å². The van der Waals surface area contributed by atoms with Crippen LogP contribution in [0.3, 0.4) is 0 Å². The lowest BCUT2D eigenvalue weighted by atomic mass is 10.2. The average molecular weight is 356 g/mol. The lowest BCUT2D eigenvalue weighted by Crippen LogP contribution is -2.24. The quantitative estimate of drug-likeness (QED) is 0.705. The van der Waals surface area contributed by atoms with Gasteiger partial charge in [-0.1, -0.05) is 6.07 Å². The maximum absolute atomic E-state index is 12.0. The SMILES string of the molecule is CC1=C(Nc2nc(-c3cccs3)nc3scc(C)c23)C(=O)NC1=O. The van der Waals surface area contributed by atoms with Crippen LogP contribution >= 0.6 is 22.7 Å². The van der Waals surface area contributed by atoms with Gasteiger partial charge in [0.25, 0.3) is 11.8 Å². The zero-order valence-corrected chi connectivity index (χ0v) is 14.5. The van der Waals surface area contributed by atoms with Crippen LogP contribution in [0, 0.1) is 6.92 Å². The van der Waals surface area contributed by atoms with Crippen LogP contribution in [0.5, 0.6) is 0 Å². The number of carbonyl (C=O) groups excluding carboxylic acids is 2. The van der Waals surface area contributed by atoms with Crippen molar-refractivity contribution < 1.29 is 9.59 Å². The maximum atomic E-state index is 12.0. The number of nitrogens with zero attached hydrogens (tertiary/aromatic N) is 2. The Labute approximate surface area is 145 Å². The molecule has 0 radical (unpaired) electrons. The minimum Gasteiger partial charge on any atom is -0.335 e. The van der Waals surface area contributed by atoms with Gasteiger partial charge in [0.2, 0.25) is 0 Å². The Morgan fingerprint density at radius 1 is 1.12 bits per heavy atom. The van der Waals surface area contributed by atoms with E-state index >= 15 is 0 Å². The van der Waals surface area contributed by atoms with E-state index in [4.69, 9.17) is 0 Å². The molecule has 2 N–H and O–H groups in total. The van der Waals surface area contributed by atoms with E-state index in [0.717, 1.165) is 20.7 Å². The molecule has 1 aliphatic heterocycles. The van der Waals surface area contributed by atoms with Crippen molar-refractivity contribution in [2.45, 2.75) is 13.8 Å². The molecule has 0 saturated heterocycles. The highest BCUT2D eigenvalue weighted by Gasteiger charge is 2.28. The Hall–Kier alpha value is -2.58. The van der Waals surface area contributed by atoms with Crippen molar-refractivity contribution in [2.75, 3.05) is 5.32 Å². The molecule has 1 aliphatic rings. The summed E-state index contributed by atoms with van der Waals surface area (Å²) in [6.07, 6.45) is 0. The second-order valence-electron chi connectivity index (χ2n) is 5.38. The Kier molecular flexibility index (Phi) is 3.43. The van der Waals surface area contributed by atoms with Crippen LogP contribution in [-0.2, 0) is 9.59 Å². The topological polar surface area (TPSA) is 84.0 Å². The van der Waals surface area contributed by atoms with Crippen LogP contribution in [0.25, 0.3) is 20.9 Å². The average Bonchev–Trinajstić information content (AvgIpc) is 3.26. The second-order valence-corrected chi connectivity index (χ2v) is 7.19. The zero-order valence-electron chi connectivity index (χ0n) is 12.8. The van der Waals surface area contributed by atoms with Crippen molar-refractivity contribution >= 4 is 50.5 Å². The Balaban J connectivity index is 1.89. The summed E-state index contributed by atoms with van der Waals surface area (Å²) in [6, 6.07) is 3.89. The number of hydrogen-bond donors (Lipinski definition) is 2. The summed E-state index contributed by atoms with van der Waals surface area (Å²) < 4.78 is 0. The van der Waals surface area contributed by atoms with Crippen LogP contribution in [0.1, 0.15) is 12.5 Å². The number of amides is 2. The van der Waals surface area contributed by atoms with Gasteiger partial charge >= 0.3 is 0 Å². The first-order valence-electron chi connectivity index (χ1n) is 7.18. The van der Waals surface area contributed by atoms with Gasteiger partial charge in [0.05, 0.1) is 10.3 Å². The molecule has 0 bridgehead atoms. The molecule has 0 unspecified atom stereocenters. The molecule has 0 aliphatic carbocycles.